The van der Waals surface area contributed by atoms with Crippen LogP contribution in [0.4, 0.5) is 4.39 Å². The third-order valence-electron chi connectivity index (χ3n) is 5.88. The summed E-state index contributed by atoms with van der Waals surface area (Å²) in [5.41, 5.74) is 2.67. The average molecular weight is 445 g/mol. The Kier molecular flexibility index (Phi) is 5.97. The summed E-state index contributed by atoms with van der Waals surface area (Å²) < 4.78 is 21.3. The van der Waals surface area contributed by atoms with Gasteiger partial charge in [0.1, 0.15) is 23.7 Å². The Morgan fingerprint density at radius 2 is 1.94 bits per heavy atom. The van der Waals surface area contributed by atoms with E-state index in [2.05, 4.69) is 9.97 Å². The minimum absolute atomic E-state index is 0.0340. The second-order valence-electron chi connectivity index (χ2n) is 8.10. The molecule has 3 heterocycles. The molecule has 33 heavy (non-hydrogen) atoms. The Balaban J connectivity index is 1.35. The van der Waals surface area contributed by atoms with Crippen molar-refractivity contribution in [3.63, 3.8) is 0 Å². The largest absolute Gasteiger partial charge is 0.492 e. The molecule has 1 aliphatic rings. The number of likely N-dealkylation sites (tertiary alicyclic amines) is 1. The maximum Gasteiger partial charge on any atom is 0.253 e. The van der Waals surface area contributed by atoms with Crippen molar-refractivity contribution in [3.05, 3.63) is 84.1 Å². The molecular formula is C25H24FN5O2. The molecule has 1 saturated heterocycles. The van der Waals surface area contributed by atoms with Crippen LogP contribution in [0.25, 0.3) is 11.2 Å². The van der Waals surface area contributed by atoms with Crippen LogP contribution in [0.1, 0.15) is 34.8 Å². The van der Waals surface area contributed by atoms with Crippen LogP contribution in [0.2, 0.25) is 0 Å². The first-order valence-corrected chi connectivity index (χ1v) is 11.1. The zero-order valence-corrected chi connectivity index (χ0v) is 18.1. The summed E-state index contributed by atoms with van der Waals surface area (Å²) in [6.45, 7) is 2.13. The Bertz CT molecular complexity index is 1260. The van der Waals surface area contributed by atoms with Crippen LogP contribution < -0.4 is 4.74 Å². The number of hydrogen-bond acceptors (Lipinski definition) is 5. The van der Waals surface area contributed by atoms with Gasteiger partial charge in [0.15, 0.2) is 5.65 Å². The Hall–Kier alpha value is -3.81. The molecule has 0 bridgehead atoms. The minimum Gasteiger partial charge on any atom is -0.492 e. The Morgan fingerprint density at radius 1 is 1.09 bits per heavy atom. The lowest BCUT2D eigenvalue weighted by atomic mass is 9.94. The smallest absolute Gasteiger partial charge is 0.253 e. The van der Waals surface area contributed by atoms with E-state index in [1.165, 1.54) is 12.1 Å². The van der Waals surface area contributed by atoms with Crippen molar-refractivity contribution in [3.8, 4) is 5.75 Å². The van der Waals surface area contributed by atoms with Crippen molar-refractivity contribution in [2.75, 3.05) is 19.7 Å². The van der Waals surface area contributed by atoms with Gasteiger partial charge in [0.25, 0.3) is 5.91 Å². The highest BCUT2D eigenvalue weighted by atomic mass is 19.1. The second-order valence-corrected chi connectivity index (χ2v) is 8.10. The minimum atomic E-state index is -0.410. The first-order chi connectivity index (χ1) is 16.2. The number of nitrogens with zero attached hydrogens (tertiary/aromatic N) is 5. The number of aromatic nitrogens is 4. The number of carbonyl (C=O) groups excluding carboxylic acids is 1. The standard InChI is InChI=1S/C25H24FN5O2/c26-20-8-4-6-18(16-20)25(32)30-13-5-7-19(17-30)22-23-24(28-12-11-27-23)31(29-22)14-15-33-21-9-2-1-3-10-21/h1-4,6,8-12,16,19H,5,7,13-15,17H2/t19-/m0/s1. The fourth-order valence-electron chi connectivity index (χ4n) is 4.31. The van der Waals surface area contributed by atoms with Crippen molar-refractivity contribution in [2.24, 2.45) is 0 Å². The molecule has 4 aromatic rings. The van der Waals surface area contributed by atoms with Gasteiger partial charge in [-0.15, -0.1) is 0 Å². The first-order valence-electron chi connectivity index (χ1n) is 11.1. The van der Waals surface area contributed by atoms with Crippen molar-refractivity contribution >= 4 is 17.1 Å². The highest BCUT2D eigenvalue weighted by Gasteiger charge is 2.29. The van der Waals surface area contributed by atoms with E-state index in [4.69, 9.17) is 9.84 Å². The lowest BCUT2D eigenvalue weighted by molar-refractivity contribution is 0.0705. The number of fused-ring (bicyclic) bond motifs is 1. The van der Waals surface area contributed by atoms with E-state index in [9.17, 15) is 9.18 Å². The van der Waals surface area contributed by atoms with Crippen LogP contribution in [-0.2, 0) is 6.54 Å². The molecule has 1 fully saturated rings. The summed E-state index contributed by atoms with van der Waals surface area (Å²) in [6, 6.07) is 15.5. The second kappa shape index (κ2) is 9.36. The maximum atomic E-state index is 13.6. The highest BCUT2D eigenvalue weighted by molar-refractivity contribution is 5.94. The molecule has 0 spiro atoms. The van der Waals surface area contributed by atoms with Crippen LogP contribution in [0.15, 0.2) is 67.0 Å². The summed E-state index contributed by atoms with van der Waals surface area (Å²) in [5.74, 6) is 0.267. The summed E-state index contributed by atoms with van der Waals surface area (Å²) in [5, 5.41) is 4.84. The quantitative estimate of drug-likeness (QED) is 0.447. The van der Waals surface area contributed by atoms with Crippen LogP contribution >= 0.6 is 0 Å². The van der Waals surface area contributed by atoms with Crippen LogP contribution in [0, 0.1) is 5.82 Å². The predicted molar refractivity (Wildman–Crippen MR) is 122 cm³/mol. The fraction of sp³-hybridized carbons (Fsp3) is 0.280. The van der Waals surface area contributed by atoms with E-state index >= 15 is 0 Å². The summed E-state index contributed by atoms with van der Waals surface area (Å²) >= 11 is 0. The normalized spacial score (nSPS) is 16.2. The number of piperidine rings is 1. The molecule has 168 valence electrons. The SMILES string of the molecule is O=C(c1cccc(F)c1)N1CCC[C@H](c2nn(CCOc3ccccc3)c3nccnc23)C1. The molecule has 2 aromatic carbocycles. The Morgan fingerprint density at radius 3 is 2.79 bits per heavy atom. The van der Waals surface area contributed by atoms with Crippen molar-refractivity contribution < 1.29 is 13.9 Å². The zero-order chi connectivity index (χ0) is 22.6. The monoisotopic (exact) mass is 445 g/mol. The van der Waals surface area contributed by atoms with E-state index in [0.717, 1.165) is 29.8 Å². The lowest BCUT2D eigenvalue weighted by Gasteiger charge is -2.32. The first kappa shape index (κ1) is 21.1. The van der Waals surface area contributed by atoms with Gasteiger partial charge in [-0.2, -0.15) is 5.10 Å². The van der Waals surface area contributed by atoms with Gasteiger partial charge in [-0.3, -0.25) is 4.79 Å². The summed E-state index contributed by atoms with van der Waals surface area (Å²) in [4.78, 5) is 23.8. The summed E-state index contributed by atoms with van der Waals surface area (Å²) in [7, 11) is 0. The number of carbonyl (C=O) groups is 1. The van der Waals surface area contributed by atoms with Crippen LogP contribution in [0.5, 0.6) is 5.75 Å². The van der Waals surface area contributed by atoms with E-state index in [1.807, 2.05) is 35.0 Å². The van der Waals surface area contributed by atoms with Gasteiger partial charge >= 0.3 is 0 Å². The highest BCUT2D eigenvalue weighted by Crippen LogP contribution is 2.30. The van der Waals surface area contributed by atoms with E-state index in [-0.39, 0.29) is 11.8 Å². The topological polar surface area (TPSA) is 73.1 Å². The van der Waals surface area contributed by atoms with E-state index < -0.39 is 5.82 Å². The van der Waals surface area contributed by atoms with Crippen molar-refractivity contribution in [2.45, 2.75) is 25.3 Å². The number of ether oxygens (including phenoxy) is 1. The van der Waals surface area contributed by atoms with Crippen LogP contribution in [-0.4, -0.2) is 50.3 Å². The fourth-order valence-corrected chi connectivity index (χ4v) is 4.31. The van der Waals surface area contributed by atoms with Gasteiger partial charge in [0, 0.05) is 37.0 Å². The van der Waals surface area contributed by atoms with Gasteiger partial charge in [-0.05, 0) is 43.2 Å². The van der Waals surface area contributed by atoms with E-state index in [0.29, 0.717) is 37.5 Å². The van der Waals surface area contributed by atoms with Gasteiger partial charge in [-0.1, -0.05) is 24.3 Å². The third-order valence-corrected chi connectivity index (χ3v) is 5.88. The number of rotatable bonds is 6. The zero-order valence-electron chi connectivity index (χ0n) is 18.1. The molecule has 0 N–H and O–H groups in total. The van der Waals surface area contributed by atoms with Crippen LogP contribution in [0.3, 0.4) is 0 Å². The molecule has 8 heteroatoms. The van der Waals surface area contributed by atoms with Crippen molar-refractivity contribution in [1.82, 2.24) is 24.6 Å². The molecule has 0 saturated carbocycles. The molecule has 0 unspecified atom stereocenters. The molecular weight excluding hydrogens is 421 g/mol. The lowest BCUT2D eigenvalue weighted by Crippen LogP contribution is -2.39. The van der Waals surface area contributed by atoms with Gasteiger partial charge < -0.3 is 9.64 Å². The average Bonchev–Trinajstić information content (AvgIpc) is 3.23. The number of hydrogen-bond donors (Lipinski definition) is 0. The summed E-state index contributed by atoms with van der Waals surface area (Å²) in [6.07, 6.45) is 5.06. The van der Waals surface area contributed by atoms with E-state index in [1.54, 1.807) is 29.4 Å². The molecule has 0 aliphatic carbocycles. The maximum absolute atomic E-state index is 13.6. The number of amides is 1. The predicted octanol–water partition coefficient (Wildman–Crippen LogP) is 4.06. The molecule has 1 atom stereocenters. The Labute approximate surface area is 190 Å². The molecule has 7 nitrogen and oxygen atoms in total. The van der Waals surface area contributed by atoms with Gasteiger partial charge in [0.2, 0.25) is 0 Å². The molecule has 0 radical (unpaired) electrons. The van der Waals surface area contributed by atoms with Gasteiger partial charge in [0.05, 0.1) is 12.2 Å². The van der Waals surface area contributed by atoms with Crippen molar-refractivity contribution in [1.29, 1.82) is 0 Å². The van der Waals surface area contributed by atoms with Gasteiger partial charge in [-0.25, -0.2) is 19.0 Å². The third kappa shape index (κ3) is 4.55. The molecule has 5 rings (SSSR count). The number of para-hydroxylation sites is 1. The molecule has 2 aromatic heterocycles. The number of benzene rings is 2. The molecule has 1 aliphatic heterocycles. The number of halogens is 1. The molecule has 1 amide bonds.